The number of anilines is 1. The number of allylic oxidation sites excluding steroid dienone is 1. The molecule has 0 aliphatic carbocycles. The normalized spacial score (nSPS) is 10.7. The molecule has 31 heavy (non-hydrogen) atoms. The van der Waals surface area contributed by atoms with Crippen LogP contribution in [0.3, 0.4) is 0 Å². The SMILES string of the molecule is C=CCn1c(COc2ccc(F)c(Cl)c2)nnc1SCC(=O)Nc1ccc(Cl)c(Cl)c1. The minimum absolute atomic E-state index is 0.0331. The van der Waals surface area contributed by atoms with Crippen LogP contribution in [0.2, 0.25) is 15.1 Å². The second-order valence-corrected chi connectivity index (χ2v) is 8.29. The van der Waals surface area contributed by atoms with Crippen molar-refractivity contribution in [1.82, 2.24) is 14.8 Å². The van der Waals surface area contributed by atoms with Gasteiger partial charge in [-0.05, 0) is 30.3 Å². The number of halogens is 4. The van der Waals surface area contributed by atoms with Crippen LogP contribution in [0, 0.1) is 5.82 Å². The summed E-state index contributed by atoms with van der Waals surface area (Å²) in [7, 11) is 0. The first-order chi connectivity index (χ1) is 14.9. The predicted molar refractivity (Wildman–Crippen MR) is 122 cm³/mol. The topological polar surface area (TPSA) is 69.0 Å². The van der Waals surface area contributed by atoms with Crippen molar-refractivity contribution >= 4 is 58.2 Å². The Morgan fingerprint density at radius 1 is 1.16 bits per heavy atom. The van der Waals surface area contributed by atoms with Gasteiger partial charge in [0.25, 0.3) is 0 Å². The van der Waals surface area contributed by atoms with Crippen LogP contribution in [0.1, 0.15) is 5.82 Å². The van der Waals surface area contributed by atoms with E-state index in [1.807, 2.05) is 0 Å². The summed E-state index contributed by atoms with van der Waals surface area (Å²) in [6.07, 6.45) is 1.68. The van der Waals surface area contributed by atoms with Gasteiger partial charge in [-0.25, -0.2) is 4.39 Å². The quantitative estimate of drug-likeness (QED) is 0.293. The van der Waals surface area contributed by atoms with Gasteiger partial charge in [-0.1, -0.05) is 52.6 Å². The Hall–Kier alpha value is -2.26. The number of ether oxygens (including phenoxy) is 1. The van der Waals surface area contributed by atoms with E-state index in [-0.39, 0.29) is 23.3 Å². The minimum atomic E-state index is -0.526. The lowest BCUT2D eigenvalue weighted by atomic mass is 10.3. The van der Waals surface area contributed by atoms with Gasteiger partial charge in [0, 0.05) is 18.3 Å². The number of hydrogen-bond acceptors (Lipinski definition) is 5. The van der Waals surface area contributed by atoms with Crippen LogP contribution in [0.25, 0.3) is 0 Å². The Bertz CT molecular complexity index is 1110. The van der Waals surface area contributed by atoms with E-state index in [2.05, 4.69) is 22.1 Å². The summed E-state index contributed by atoms with van der Waals surface area (Å²) < 4.78 is 20.7. The van der Waals surface area contributed by atoms with Crippen molar-refractivity contribution in [2.45, 2.75) is 18.3 Å². The fourth-order valence-corrected chi connectivity index (χ4v) is 3.70. The number of aromatic nitrogens is 3. The van der Waals surface area contributed by atoms with Crippen molar-refractivity contribution in [2.24, 2.45) is 0 Å². The Morgan fingerprint density at radius 3 is 2.68 bits per heavy atom. The van der Waals surface area contributed by atoms with Crippen molar-refractivity contribution in [3.63, 3.8) is 0 Å². The first-order valence-corrected chi connectivity index (χ1v) is 11.0. The third-order valence-electron chi connectivity index (χ3n) is 3.90. The number of amides is 1. The fourth-order valence-electron chi connectivity index (χ4n) is 2.46. The van der Waals surface area contributed by atoms with Gasteiger partial charge in [0.2, 0.25) is 5.91 Å². The molecule has 0 saturated carbocycles. The molecular formula is C20H16Cl3FN4O2S. The Labute approximate surface area is 197 Å². The first kappa shape index (κ1) is 23.4. The van der Waals surface area contributed by atoms with E-state index in [1.165, 1.54) is 30.0 Å². The molecule has 1 N–H and O–H groups in total. The Kier molecular flexibility index (Phi) is 8.20. The molecule has 0 saturated heterocycles. The molecule has 0 radical (unpaired) electrons. The van der Waals surface area contributed by atoms with E-state index in [1.54, 1.807) is 28.8 Å². The zero-order valence-electron chi connectivity index (χ0n) is 15.9. The van der Waals surface area contributed by atoms with Crippen LogP contribution >= 0.6 is 46.6 Å². The van der Waals surface area contributed by atoms with Crippen LogP contribution in [-0.2, 0) is 17.9 Å². The number of nitrogens with one attached hydrogen (secondary N) is 1. The molecule has 6 nitrogen and oxygen atoms in total. The average molecular weight is 502 g/mol. The molecule has 2 aromatic carbocycles. The zero-order chi connectivity index (χ0) is 22.4. The van der Waals surface area contributed by atoms with E-state index in [0.29, 0.717) is 39.0 Å². The maximum atomic E-state index is 13.3. The minimum Gasteiger partial charge on any atom is -0.486 e. The van der Waals surface area contributed by atoms with E-state index >= 15 is 0 Å². The summed E-state index contributed by atoms with van der Waals surface area (Å²) in [5, 5.41) is 12.2. The van der Waals surface area contributed by atoms with Crippen LogP contribution in [0.15, 0.2) is 54.2 Å². The molecule has 0 fully saturated rings. The lowest BCUT2D eigenvalue weighted by Crippen LogP contribution is -2.15. The first-order valence-electron chi connectivity index (χ1n) is 8.86. The summed E-state index contributed by atoms with van der Waals surface area (Å²) in [5.74, 6) is 0.253. The summed E-state index contributed by atoms with van der Waals surface area (Å²) in [4.78, 5) is 12.3. The monoisotopic (exact) mass is 500 g/mol. The molecule has 162 valence electrons. The molecule has 0 bridgehead atoms. The fraction of sp³-hybridized carbons (Fsp3) is 0.150. The summed E-state index contributed by atoms with van der Waals surface area (Å²) in [6, 6.07) is 8.92. The number of benzene rings is 2. The highest BCUT2D eigenvalue weighted by Crippen LogP contribution is 2.26. The third-order valence-corrected chi connectivity index (χ3v) is 5.90. The average Bonchev–Trinajstić information content (AvgIpc) is 3.12. The summed E-state index contributed by atoms with van der Waals surface area (Å²) in [6.45, 7) is 4.24. The van der Waals surface area contributed by atoms with Gasteiger partial charge >= 0.3 is 0 Å². The van der Waals surface area contributed by atoms with Crippen molar-refractivity contribution in [3.8, 4) is 5.75 Å². The van der Waals surface area contributed by atoms with Gasteiger partial charge in [0.1, 0.15) is 18.2 Å². The molecular weight excluding hydrogens is 486 g/mol. The largest absolute Gasteiger partial charge is 0.486 e. The van der Waals surface area contributed by atoms with Gasteiger partial charge in [-0.15, -0.1) is 16.8 Å². The molecule has 0 spiro atoms. The number of carbonyl (C=O) groups is 1. The Morgan fingerprint density at radius 2 is 1.97 bits per heavy atom. The third kappa shape index (κ3) is 6.36. The van der Waals surface area contributed by atoms with Gasteiger partial charge in [0.15, 0.2) is 11.0 Å². The summed E-state index contributed by atoms with van der Waals surface area (Å²) >= 11 is 18.8. The molecule has 11 heteroatoms. The molecule has 0 aliphatic heterocycles. The van der Waals surface area contributed by atoms with Crippen LogP contribution in [0.5, 0.6) is 5.75 Å². The highest BCUT2D eigenvalue weighted by Gasteiger charge is 2.15. The molecule has 1 heterocycles. The smallest absolute Gasteiger partial charge is 0.234 e. The lowest BCUT2D eigenvalue weighted by molar-refractivity contribution is -0.113. The van der Waals surface area contributed by atoms with Gasteiger partial charge < -0.3 is 10.1 Å². The van der Waals surface area contributed by atoms with Gasteiger partial charge in [-0.3, -0.25) is 9.36 Å². The zero-order valence-corrected chi connectivity index (χ0v) is 19.0. The maximum absolute atomic E-state index is 13.3. The number of carbonyl (C=O) groups excluding carboxylic acids is 1. The van der Waals surface area contributed by atoms with E-state index in [9.17, 15) is 9.18 Å². The highest BCUT2D eigenvalue weighted by molar-refractivity contribution is 7.99. The van der Waals surface area contributed by atoms with Gasteiger partial charge in [-0.2, -0.15) is 0 Å². The Balaban J connectivity index is 1.62. The van der Waals surface area contributed by atoms with Crippen molar-refractivity contribution < 1.29 is 13.9 Å². The van der Waals surface area contributed by atoms with Gasteiger partial charge in [0.05, 0.1) is 20.8 Å². The number of nitrogens with zero attached hydrogens (tertiary/aromatic N) is 3. The standard InChI is InChI=1S/C20H16Cl3FN4O2S/c1-2-7-28-18(10-30-13-4-6-17(24)16(23)9-13)26-27-20(28)31-11-19(29)25-12-3-5-14(21)15(22)8-12/h2-6,8-9H,1,7,10-11H2,(H,25,29). The molecule has 3 rings (SSSR count). The molecule has 0 atom stereocenters. The number of thioether (sulfide) groups is 1. The number of hydrogen-bond donors (Lipinski definition) is 1. The van der Waals surface area contributed by atoms with E-state index < -0.39 is 5.82 Å². The molecule has 0 unspecified atom stereocenters. The molecule has 3 aromatic rings. The van der Waals surface area contributed by atoms with Crippen molar-refractivity contribution in [1.29, 1.82) is 0 Å². The van der Waals surface area contributed by atoms with E-state index in [0.717, 1.165) is 0 Å². The van der Waals surface area contributed by atoms with Crippen LogP contribution in [0.4, 0.5) is 10.1 Å². The second-order valence-electron chi connectivity index (χ2n) is 6.13. The maximum Gasteiger partial charge on any atom is 0.234 e. The number of rotatable bonds is 9. The molecule has 1 aromatic heterocycles. The van der Waals surface area contributed by atoms with Crippen LogP contribution < -0.4 is 10.1 Å². The molecule has 1 amide bonds. The lowest BCUT2D eigenvalue weighted by Gasteiger charge is -2.10. The second kappa shape index (κ2) is 10.9. The van der Waals surface area contributed by atoms with Crippen LogP contribution in [-0.4, -0.2) is 26.4 Å². The van der Waals surface area contributed by atoms with Crippen molar-refractivity contribution in [3.05, 3.63) is 75.8 Å². The van der Waals surface area contributed by atoms with E-state index in [4.69, 9.17) is 39.5 Å². The predicted octanol–water partition coefficient (Wildman–Crippen LogP) is 5.87. The highest BCUT2D eigenvalue weighted by atomic mass is 35.5. The molecule has 0 aliphatic rings. The summed E-state index contributed by atoms with van der Waals surface area (Å²) in [5.41, 5.74) is 0.541. The van der Waals surface area contributed by atoms with Crippen molar-refractivity contribution in [2.75, 3.05) is 11.1 Å².